The van der Waals surface area contributed by atoms with Crippen LogP contribution in [-0.4, -0.2) is 30.7 Å². The Hall–Kier alpha value is -3.06. The second-order valence-corrected chi connectivity index (χ2v) is 10.4. The van der Waals surface area contributed by atoms with Gasteiger partial charge in [0.05, 0.1) is 17.3 Å². The summed E-state index contributed by atoms with van der Waals surface area (Å²) in [5.41, 5.74) is 1.48. The topological polar surface area (TPSA) is 61.2 Å². The minimum Gasteiger partial charge on any atom is -0.490 e. The molecule has 5 rings (SSSR count). The molecule has 0 amide bonds. The molecule has 0 unspecified atom stereocenters. The van der Waals surface area contributed by atoms with E-state index >= 15 is 0 Å². The fourth-order valence-corrected chi connectivity index (χ4v) is 5.99. The summed E-state index contributed by atoms with van der Waals surface area (Å²) in [6, 6.07) is 25.4. The highest BCUT2D eigenvalue weighted by Gasteiger charge is 2.28. The minimum absolute atomic E-state index is 0.0165. The van der Waals surface area contributed by atoms with E-state index in [1.807, 2.05) is 48.5 Å². The molecule has 0 aliphatic heterocycles. The summed E-state index contributed by atoms with van der Waals surface area (Å²) in [6.45, 7) is 0.609. The van der Waals surface area contributed by atoms with E-state index < -0.39 is 9.84 Å². The molecule has 0 atom stereocenters. The van der Waals surface area contributed by atoms with E-state index in [2.05, 4.69) is 5.10 Å². The SMILES string of the molecule is O=S(=O)(c1cccc2ccccc12)c1nn(Cc2cccc(Cl)c2)c2c(OCCCl)cccc12. The first kappa shape index (κ1) is 22.7. The van der Waals surface area contributed by atoms with E-state index in [0.29, 0.717) is 39.5 Å². The number of ether oxygens (including phenoxy) is 1. The second-order valence-electron chi connectivity index (χ2n) is 7.76. The van der Waals surface area contributed by atoms with E-state index in [9.17, 15) is 8.42 Å². The summed E-state index contributed by atoms with van der Waals surface area (Å²) in [5, 5.41) is 7.17. The van der Waals surface area contributed by atoms with E-state index in [1.54, 1.807) is 41.1 Å². The van der Waals surface area contributed by atoms with Gasteiger partial charge in [-0.25, -0.2) is 8.42 Å². The van der Waals surface area contributed by atoms with Crippen LogP contribution in [0.1, 0.15) is 5.56 Å². The van der Waals surface area contributed by atoms with Crippen molar-refractivity contribution < 1.29 is 13.2 Å². The van der Waals surface area contributed by atoms with E-state index in [1.165, 1.54) is 0 Å². The molecule has 4 aromatic carbocycles. The average molecular weight is 511 g/mol. The van der Waals surface area contributed by atoms with Gasteiger partial charge in [0.1, 0.15) is 17.9 Å². The molecular weight excluding hydrogens is 491 g/mol. The number of aromatic nitrogens is 2. The third-order valence-corrected chi connectivity index (χ3v) is 7.68. The number of para-hydroxylation sites is 1. The lowest BCUT2D eigenvalue weighted by Crippen LogP contribution is -2.07. The van der Waals surface area contributed by atoms with Gasteiger partial charge in [0.25, 0.3) is 0 Å². The van der Waals surface area contributed by atoms with Gasteiger partial charge in [-0.05, 0) is 41.3 Å². The molecule has 1 heterocycles. The Morgan fingerprint density at radius 2 is 1.62 bits per heavy atom. The van der Waals surface area contributed by atoms with Crippen LogP contribution in [-0.2, 0) is 16.4 Å². The molecule has 1 aromatic heterocycles. The summed E-state index contributed by atoms with van der Waals surface area (Å²) in [6.07, 6.45) is 0. The van der Waals surface area contributed by atoms with Crippen molar-refractivity contribution in [2.24, 2.45) is 0 Å². The Balaban J connectivity index is 1.74. The average Bonchev–Trinajstić information content (AvgIpc) is 3.22. The number of halogens is 2. The van der Waals surface area contributed by atoms with Gasteiger partial charge < -0.3 is 4.74 Å². The molecule has 0 aliphatic carbocycles. The molecule has 0 bridgehead atoms. The number of fused-ring (bicyclic) bond motifs is 2. The van der Waals surface area contributed by atoms with Crippen LogP contribution in [0.2, 0.25) is 5.02 Å². The number of rotatable bonds is 7. The molecule has 0 N–H and O–H groups in total. The second kappa shape index (κ2) is 9.29. The molecule has 0 aliphatic rings. The van der Waals surface area contributed by atoms with Crippen LogP contribution in [0.3, 0.4) is 0 Å². The Morgan fingerprint density at radius 3 is 2.44 bits per heavy atom. The summed E-state index contributed by atoms with van der Waals surface area (Å²) < 4.78 is 35.4. The van der Waals surface area contributed by atoms with Crippen LogP contribution in [0.25, 0.3) is 21.7 Å². The highest BCUT2D eigenvalue weighted by atomic mass is 35.5. The lowest BCUT2D eigenvalue weighted by atomic mass is 10.1. The number of nitrogens with zero attached hydrogens (tertiary/aromatic N) is 2. The summed E-state index contributed by atoms with van der Waals surface area (Å²) in [7, 11) is -3.95. The Morgan fingerprint density at radius 1 is 0.882 bits per heavy atom. The van der Waals surface area contributed by atoms with Crippen molar-refractivity contribution in [1.82, 2.24) is 9.78 Å². The lowest BCUT2D eigenvalue weighted by molar-refractivity contribution is 0.345. The predicted molar refractivity (Wildman–Crippen MR) is 136 cm³/mol. The quantitative estimate of drug-likeness (QED) is 0.239. The standard InChI is InChI=1S/C26H20Cl2N2O3S/c27-14-15-33-23-12-5-11-22-25(23)30(17-18-6-3-9-20(28)16-18)29-26(22)34(31,32)24-13-4-8-19-7-1-2-10-21(19)24/h1-13,16H,14-15,17H2. The molecule has 8 heteroatoms. The van der Waals surface area contributed by atoms with Gasteiger partial charge in [0.15, 0.2) is 5.03 Å². The molecule has 34 heavy (non-hydrogen) atoms. The largest absolute Gasteiger partial charge is 0.490 e. The Bertz CT molecular complexity index is 1610. The van der Waals surface area contributed by atoms with Crippen molar-refractivity contribution in [1.29, 1.82) is 0 Å². The third-order valence-electron chi connectivity index (χ3n) is 5.55. The van der Waals surface area contributed by atoms with Crippen molar-refractivity contribution in [3.63, 3.8) is 0 Å². The van der Waals surface area contributed by atoms with Crippen LogP contribution in [0.4, 0.5) is 0 Å². The number of benzene rings is 4. The van der Waals surface area contributed by atoms with E-state index in [-0.39, 0.29) is 16.5 Å². The van der Waals surface area contributed by atoms with Crippen LogP contribution in [0.5, 0.6) is 5.75 Å². The van der Waals surface area contributed by atoms with E-state index in [4.69, 9.17) is 27.9 Å². The molecule has 0 fully saturated rings. The molecule has 0 spiro atoms. The van der Waals surface area contributed by atoms with Crippen molar-refractivity contribution >= 4 is 54.7 Å². The molecule has 0 radical (unpaired) electrons. The summed E-state index contributed by atoms with van der Waals surface area (Å²) in [4.78, 5) is 0.215. The fourth-order valence-electron chi connectivity index (χ4n) is 4.10. The van der Waals surface area contributed by atoms with Crippen LogP contribution in [0, 0.1) is 0 Å². The minimum atomic E-state index is -3.95. The van der Waals surface area contributed by atoms with Gasteiger partial charge in [0.2, 0.25) is 9.84 Å². The van der Waals surface area contributed by atoms with Gasteiger partial charge in [-0.3, -0.25) is 4.68 Å². The first-order chi connectivity index (χ1) is 16.5. The van der Waals surface area contributed by atoms with Gasteiger partial charge >= 0.3 is 0 Å². The smallest absolute Gasteiger partial charge is 0.226 e. The highest BCUT2D eigenvalue weighted by Crippen LogP contribution is 2.35. The van der Waals surface area contributed by atoms with E-state index in [0.717, 1.165) is 10.9 Å². The van der Waals surface area contributed by atoms with Gasteiger partial charge in [0, 0.05) is 15.8 Å². The Labute approximate surface area is 207 Å². The number of hydrogen-bond acceptors (Lipinski definition) is 4. The highest BCUT2D eigenvalue weighted by molar-refractivity contribution is 7.91. The van der Waals surface area contributed by atoms with Crippen molar-refractivity contribution in [2.75, 3.05) is 12.5 Å². The fraction of sp³-hybridized carbons (Fsp3) is 0.115. The maximum absolute atomic E-state index is 13.9. The summed E-state index contributed by atoms with van der Waals surface area (Å²) >= 11 is 12.0. The predicted octanol–water partition coefficient (Wildman–Crippen LogP) is 6.34. The van der Waals surface area contributed by atoms with Gasteiger partial charge in [-0.1, -0.05) is 66.2 Å². The zero-order valence-electron chi connectivity index (χ0n) is 18.0. The molecule has 172 valence electrons. The van der Waals surface area contributed by atoms with Crippen LogP contribution >= 0.6 is 23.2 Å². The first-order valence-electron chi connectivity index (χ1n) is 10.6. The number of hydrogen-bond donors (Lipinski definition) is 0. The normalized spacial score (nSPS) is 11.8. The van der Waals surface area contributed by atoms with Crippen LogP contribution in [0.15, 0.2) is 94.9 Å². The monoisotopic (exact) mass is 510 g/mol. The lowest BCUT2D eigenvalue weighted by Gasteiger charge is -2.09. The molecule has 0 saturated heterocycles. The third kappa shape index (κ3) is 4.13. The Kier molecular flexibility index (Phi) is 6.21. The van der Waals surface area contributed by atoms with Gasteiger partial charge in [-0.15, -0.1) is 11.6 Å². The maximum Gasteiger partial charge on any atom is 0.226 e. The first-order valence-corrected chi connectivity index (χ1v) is 13.0. The van der Waals surface area contributed by atoms with Crippen molar-refractivity contribution in [3.05, 3.63) is 95.5 Å². The summed E-state index contributed by atoms with van der Waals surface area (Å²) in [5.74, 6) is 0.826. The molecule has 5 aromatic rings. The van der Waals surface area contributed by atoms with Crippen molar-refractivity contribution in [3.8, 4) is 5.75 Å². The zero-order chi connectivity index (χ0) is 23.7. The maximum atomic E-state index is 13.9. The molecule has 5 nitrogen and oxygen atoms in total. The van der Waals surface area contributed by atoms with Crippen molar-refractivity contribution in [2.45, 2.75) is 16.5 Å². The molecule has 0 saturated carbocycles. The molecular formula is C26H20Cl2N2O3S. The van der Waals surface area contributed by atoms with Gasteiger partial charge in [-0.2, -0.15) is 5.10 Å². The number of alkyl halides is 1. The zero-order valence-corrected chi connectivity index (χ0v) is 20.3. The number of sulfone groups is 1. The van der Waals surface area contributed by atoms with Crippen LogP contribution < -0.4 is 4.74 Å².